The zero-order chi connectivity index (χ0) is 6.55. The van der Waals surface area contributed by atoms with E-state index >= 15 is 0 Å². The molecule has 0 radical (unpaired) electrons. The first-order chi connectivity index (χ1) is 4.90. The number of nitrogens with zero attached hydrogens (tertiary/aromatic N) is 3. The van der Waals surface area contributed by atoms with E-state index in [1.807, 2.05) is 0 Å². The minimum absolute atomic E-state index is 0. The van der Waals surface area contributed by atoms with Gasteiger partial charge in [-0.2, -0.15) is 0 Å². The summed E-state index contributed by atoms with van der Waals surface area (Å²) >= 11 is 0. The summed E-state index contributed by atoms with van der Waals surface area (Å²) in [6.07, 6.45) is 0. The van der Waals surface area contributed by atoms with Crippen LogP contribution in [0.1, 0.15) is 0 Å². The van der Waals surface area contributed by atoms with Gasteiger partial charge in [-0.1, -0.05) is 0 Å². The average molecular weight is 301 g/mol. The summed E-state index contributed by atoms with van der Waals surface area (Å²) in [5, 5.41) is 0. The number of rotatable bonds is 0. The van der Waals surface area contributed by atoms with Gasteiger partial charge in [0.15, 0.2) is 0 Å². The smallest absolute Gasteiger partial charge is 0.137 e. The first-order valence-electron chi connectivity index (χ1n) is 3.91. The summed E-state index contributed by atoms with van der Waals surface area (Å²) in [7, 11) is 0. The Morgan fingerprint density at radius 1 is 0.667 bits per heavy atom. The van der Waals surface area contributed by atoms with Crippen molar-refractivity contribution >= 4 is 0 Å². The Labute approximate surface area is 93.6 Å². The molecule has 4 nitrogen and oxygen atoms in total. The van der Waals surface area contributed by atoms with Crippen LogP contribution in [0.15, 0.2) is 0 Å². The van der Waals surface area contributed by atoms with Crippen molar-refractivity contribution in [2.24, 2.45) is 0 Å². The minimum Gasteiger partial charge on any atom is -1.00 e. The van der Waals surface area contributed by atoms with Crippen LogP contribution >= 0.6 is 0 Å². The van der Waals surface area contributed by atoms with Crippen molar-refractivity contribution in [3.8, 4) is 0 Å². The molecule has 4 bridgehead atoms. The molecular formula is C6H13Br2N4-. The normalized spacial score (nSPS) is 48.0. The van der Waals surface area contributed by atoms with Crippen molar-refractivity contribution in [1.82, 2.24) is 14.7 Å². The maximum atomic E-state index is 2.51. The Morgan fingerprint density at radius 2 is 1.00 bits per heavy atom. The van der Waals surface area contributed by atoms with Crippen molar-refractivity contribution in [2.75, 3.05) is 40.0 Å². The van der Waals surface area contributed by atoms with Gasteiger partial charge in [-0.05, 0) is 0 Å². The maximum Gasteiger partial charge on any atom is 0.137 e. The lowest BCUT2D eigenvalue weighted by Crippen LogP contribution is -3.21. The molecule has 0 spiro atoms. The molecule has 0 aromatic heterocycles. The van der Waals surface area contributed by atoms with Crippen LogP contribution in [0.4, 0.5) is 0 Å². The Balaban J connectivity index is 0.000000360. The molecule has 6 heteroatoms. The predicted molar refractivity (Wildman–Crippen MR) is 35.7 cm³/mol. The SMILES string of the molecule is C1N2CN3CN1C[NH+](C2)C3.[Br-].[Br-]. The molecule has 4 rings (SSSR count). The highest BCUT2D eigenvalue weighted by Gasteiger charge is 2.39. The highest BCUT2D eigenvalue weighted by molar-refractivity contribution is 4.69. The first-order valence-corrected chi connectivity index (χ1v) is 3.91. The first kappa shape index (κ1) is 10.9. The van der Waals surface area contributed by atoms with Crippen LogP contribution in [-0.4, -0.2) is 54.7 Å². The Hall–Kier alpha value is 0.800. The van der Waals surface area contributed by atoms with E-state index in [0.717, 1.165) is 0 Å². The van der Waals surface area contributed by atoms with E-state index in [1.165, 1.54) is 40.0 Å². The van der Waals surface area contributed by atoms with Gasteiger partial charge in [0.1, 0.15) is 20.0 Å². The van der Waals surface area contributed by atoms with E-state index in [0.29, 0.717) is 0 Å². The zero-order valence-corrected chi connectivity index (χ0v) is 10.0. The summed E-state index contributed by atoms with van der Waals surface area (Å²) in [6.45, 7) is 7.44. The van der Waals surface area contributed by atoms with Gasteiger partial charge < -0.3 is 34.0 Å². The lowest BCUT2D eigenvalue weighted by Gasteiger charge is -2.53. The van der Waals surface area contributed by atoms with Crippen LogP contribution in [0.2, 0.25) is 0 Å². The Kier molecular flexibility index (Phi) is 3.53. The molecule has 0 saturated carbocycles. The molecule has 72 valence electrons. The number of nitrogens with one attached hydrogen (secondary N) is 1. The molecule has 0 aliphatic carbocycles. The van der Waals surface area contributed by atoms with Crippen molar-refractivity contribution in [2.45, 2.75) is 0 Å². The minimum atomic E-state index is 0. The summed E-state index contributed by atoms with van der Waals surface area (Å²) in [5.74, 6) is 0. The highest BCUT2D eigenvalue weighted by Crippen LogP contribution is 2.09. The van der Waals surface area contributed by atoms with E-state index in [2.05, 4.69) is 14.7 Å². The van der Waals surface area contributed by atoms with Crippen molar-refractivity contribution in [3.63, 3.8) is 0 Å². The van der Waals surface area contributed by atoms with E-state index in [-0.39, 0.29) is 34.0 Å². The molecule has 4 aliphatic rings. The fourth-order valence-electron chi connectivity index (χ4n) is 2.38. The van der Waals surface area contributed by atoms with E-state index in [4.69, 9.17) is 0 Å². The molecule has 4 fully saturated rings. The third kappa shape index (κ3) is 1.69. The lowest BCUT2D eigenvalue weighted by atomic mass is 10.4. The Morgan fingerprint density at radius 3 is 1.25 bits per heavy atom. The molecule has 0 amide bonds. The van der Waals surface area contributed by atoms with Crippen LogP contribution in [0.5, 0.6) is 0 Å². The topological polar surface area (TPSA) is 14.2 Å². The third-order valence-electron chi connectivity index (χ3n) is 2.54. The summed E-state index contributed by atoms with van der Waals surface area (Å²) in [4.78, 5) is 9.23. The standard InChI is InChI=1S/C6H12N4.2BrH/c1-7-2-9-4-8(1)5-10(3-7)6-9;;/h1-6H2;2*1H/p-1. The predicted octanol–water partition coefficient (Wildman–Crippen LogP) is -8.43. The third-order valence-corrected chi connectivity index (χ3v) is 2.54. The molecule has 0 unspecified atom stereocenters. The van der Waals surface area contributed by atoms with E-state index < -0.39 is 0 Å². The molecule has 0 aromatic rings. The second kappa shape index (κ2) is 3.89. The van der Waals surface area contributed by atoms with Gasteiger partial charge >= 0.3 is 0 Å². The number of hydrogen-bond acceptors (Lipinski definition) is 3. The maximum absolute atomic E-state index is 2.51. The van der Waals surface area contributed by atoms with Crippen LogP contribution in [0.25, 0.3) is 0 Å². The zero-order valence-electron chi connectivity index (χ0n) is 6.84. The summed E-state index contributed by atoms with van der Waals surface area (Å²) < 4.78 is 0. The number of halogens is 2. The average Bonchev–Trinajstić information content (AvgIpc) is 1.82. The van der Waals surface area contributed by atoms with Crippen LogP contribution in [-0.2, 0) is 0 Å². The van der Waals surface area contributed by atoms with Gasteiger partial charge in [0, 0.05) is 0 Å². The van der Waals surface area contributed by atoms with Gasteiger partial charge in [0.05, 0.1) is 20.0 Å². The van der Waals surface area contributed by atoms with Crippen LogP contribution < -0.4 is 38.9 Å². The number of quaternary nitrogens is 1. The van der Waals surface area contributed by atoms with E-state index in [1.54, 1.807) is 4.90 Å². The largest absolute Gasteiger partial charge is 1.00 e. The fraction of sp³-hybridized carbons (Fsp3) is 1.00. The molecule has 0 aromatic carbocycles. The second-order valence-electron chi connectivity index (χ2n) is 3.66. The van der Waals surface area contributed by atoms with Gasteiger partial charge in [-0.3, -0.25) is 4.90 Å². The van der Waals surface area contributed by atoms with Crippen LogP contribution in [0.3, 0.4) is 0 Å². The molecule has 1 N–H and O–H groups in total. The fourth-order valence-corrected chi connectivity index (χ4v) is 2.38. The van der Waals surface area contributed by atoms with Crippen molar-refractivity contribution in [3.05, 3.63) is 0 Å². The molecule has 12 heavy (non-hydrogen) atoms. The van der Waals surface area contributed by atoms with Gasteiger partial charge in [-0.15, -0.1) is 0 Å². The summed E-state index contributed by atoms with van der Waals surface area (Å²) in [5.41, 5.74) is 0. The molecule has 4 saturated heterocycles. The summed E-state index contributed by atoms with van der Waals surface area (Å²) in [6, 6.07) is 0. The Bertz CT molecular complexity index is 109. The number of hydrogen-bond donors (Lipinski definition) is 1. The van der Waals surface area contributed by atoms with E-state index in [9.17, 15) is 0 Å². The molecule has 4 heterocycles. The monoisotopic (exact) mass is 299 g/mol. The molecule has 4 aliphatic heterocycles. The van der Waals surface area contributed by atoms with Gasteiger partial charge in [0.2, 0.25) is 0 Å². The second-order valence-corrected chi connectivity index (χ2v) is 3.66. The molecule has 0 atom stereocenters. The van der Waals surface area contributed by atoms with Gasteiger partial charge in [0.25, 0.3) is 0 Å². The van der Waals surface area contributed by atoms with Crippen molar-refractivity contribution < 1.29 is 38.9 Å². The van der Waals surface area contributed by atoms with Crippen molar-refractivity contribution in [1.29, 1.82) is 0 Å². The highest BCUT2D eigenvalue weighted by atomic mass is 79.9. The lowest BCUT2D eigenvalue weighted by molar-refractivity contribution is -0.958. The van der Waals surface area contributed by atoms with Crippen LogP contribution in [0, 0.1) is 0 Å². The molecular weight excluding hydrogens is 288 g/mol. The van der Waals surface area contributed by atoms with Gasteiger partial charge in [-0.25, -0.2) is 14.7 Å². The quantitative estimate of drug-likeness (QED) is 0.478.